The Hall–Kier alpha value is -0.780. The second-order valence-electron chi connectivity index (χ2n) is 7.18. The third-order valence-corrected chi connectivity index (χ3v) is 6.15. The van der Waals surface area contributed by atoms with Gasteiger partial charge in [-0.2, -0.15) is 0 Å². The molecule has 118 valence electrons. The van der Waals surface area contributed by atoms with Crippen LogP contribution in [0.2, 0.25) is 0 Å². The highest BCUT2D eigenvalue weighted by atomic mass is 79.9. The number of rotatable bonds is 3. The number of hydrazine groups is 1. The van der Waals surface area contributed by atoms with Crippen molar-refractivity contribution in [2.45, 2.75) is 56.2 Å². The predicted octanol–water partition coefficient (Wildman–Crippen LogP) is 2.89. The highest BCUT2D eigenvalue weighted by molar-refractivity contribution is 9.10. The number of halogens is 1. The standard InChI is InChI=1S/C15H23BrN2O3/c1-2-21-13(20)18-17-12(19)8-14-4-10-3-11(5-14)7-15(16,6-10)9-14/h10-11H,2-9H2,1H3,(H,17,19)(H,18,20). The van der Waals surface area contributed by atoms with Crippen LogP contribution in [-0.4, -0.2) is 22.9 Å². The van der Waals surface area contributed by atoms with Gasteiger partial charge in [-0.05, 0) is 62.7 Å². The minimum absolute atomic E-state index is 0.110. The molecule has 4 aliphatic carbocycles. The summed E-state index contributed by atoms with van der Waals surface area (Å²) in [4.78, 5) is 23.4. The lowest BCUT2D eigenvalue weighted by Crippen LogP contribution is -2.54. The van der Waals surface area contributed by atoms with E-state index in [0.29, 0.717) is 13.0 Å². The van der Waals surface area contributed by atoms with E-state index in [1.54, 1.807) is 6.92 Å². The molecule has 0 aromatic carbocycles. The summed E-state index contributed by atoms with van der Waals surface area (Å²) < 4.78 is 4.99. The molecule has 4 bridgehead atoms. The number of hydrogen-bond acceptors (Lipinski definition) is 3. The third kappa shape index (κ3) is 3.20. The first-order valence-corrected chi connectivity index (χ1v) is 8.62. The van der Waals surface area contributed by atoms with Gasteiger partial charge in [0, 0.05) is 10.7 Å². The molecule has 5 nitrogen and oxygen atoms in total. The maximum absolute atomic E-state index is 12.1. The number of carbonyl (C=O) groups excluding carboxylic acids is 2. The van der Waals surface area contributed by atoms with Crippen LogP contribution in [0.5, 0.6) is 0 Å². The molecule has 4 saturated carbocycles. The van der Waals surface area contributed by atoms with Crippen LogP contribution >= 0.6 is 15.9 Å². The highest BCUT2D eigenvalue weighted by Crippen LogP contribution is 2.65. The monoisotopic (exact) mass is 358 g/mol. The second kappa shape index (κ2) is 5.45. The number of carbonyl (C=O) groups is 2. The SMILES string of the molecule is CCOC(=O)NNC(=O)CC12CC3CC(CC(Br)(C3)C1)C2. The van der Waals surface area contributed by atoms with Crippen LogP contribution < -0.4 is 10.9 Å². The van der Waals surface area contributed by atoms with Gasteiger partial charge < -0.3 is 4.74 Å². The average molecular weight is 359 g/mol. The maximum Gasteiger partial charge on any atom is 0.426 e. The predicted molar refractivity (Wildman–Crippen MR) is 81.7 cm³/mol. The topological polar surface area (TPSA) is 67.4 Å². The van der Waals surface area contributed by atoms with Crippen molar-refractivity contribution in [3.8, 4) is 0 Å². The molecule has 2 unspecified atom stereocenters. The summed E-state index contributed by atoms with van der Waals surface area (Å²) in [7, 11) is 0. The first-order valence-electron chi connectivity index (χ1n) is 7.83. The van der Waals surface area contributed by atoms with Crippen molar-refractivity contribution in [3.05, 3.63) is 0 Å². The van der Waals surface area contributed by atoms with E-state index < -0.39 is 6.09 Å². The zero-order valence-electron chi connectivity index (χ0n) is 12.4. The molecule has 0 spiro atoms. The largest absolute Gasteiger partial charge is 0.449 e. The summed E-state index contributed by atoms with van der Waals surface area (Å²) in [5, 5.41) is 0. The second-order valence-corrected chi connectivity index (χ2v) is 8.86. The average Bonchev–Trinajstić information content (AvgIpc) is 2.33. The van der Waals surface area contributed by atoms with E-state index in [1.165, 1.54) is 19.3 Å². The van der Waals surface area contributed by atoms with Gasteiger partial charge in [-0.1, -0.05) is 15.9 Å². The fraction of sp³-hybridized carbons (Fsp3) is 0.867. The number of hydrogen-bond donors (Lipinski definition) is 2. The maximum atomic E-state index is 12.1. The van der Waals surface area contributed by atoms with Gasteiger partial charge in [0.05, 0.1) is 6.61 Å². The zero-order valence-corrected chi connectivity index (χ0v) is 14.0. The van der Waals surface area contributed by atoms with Crippen molar-refractivity contribution in [1.29, 1.82) is 0 Å². The van der Waals surface area contributed by atoms with E-state index in [9.17, 15) is 9.59 Å². The van der Waals surface area contributed by atoms with Crippen molar-refractivity contribution in [2.75, 3.05) is 6.61 Å². The van der Waals surface area contributed by atoms with Crippen LogP contribution in [0.15, 0.2) is 0 Å². The van der Waals surface area contributed by atoms with Gasteiger partial charge in [-0.25, -0.2) is 10.2 Å². The van der Waals surface area contributed by atoms with Crippen LogP contribution in [0, 0.1) is 17.3 Å². The van der Waals surface area contributed by atoms with Crippen LogP contribution in [-0.2, 0) is 9.53 Å². The summed E-state index contributed by atoms with van der Waals surface area (Å²) >= 11 is 3.94. The van der Waals surface area contributed by atoms with E-state index in [4.69, 9.17) is 4.74 Å². The van der Waals surface area contributed by atoms with Crippen molar-refractivity contribution in [2.24, 2.45) is 17.3 Å². The normalized spacial score (nSPS) is 39.9. The lowest BCUT2D eigenvalue weighted by molar-refractivity contribution is -0.129. The molecule has 21 heavy (non-hydrogen) atoms. The highest BCUT2D eigenvalue weighted by Gasteiger charge is 2.57. The number of alkyl halides is 1. The summed E-state index contributed by atoms with van der Waals surface area (Å²) in [5.74, 6) is 1.41. The fourth-order valence-corrected chi connectivity index (χ4v) is 6.73. The van der Waals surface area contributed by atoms with Crippen LogP contribution in [0.25, 0.3) is 0 Å². The molecule has 2 atom stereocenters. The number of nitrogens with one attached hydrogen (secondary N) is 2. The molecule has 0 aromatic heterocycles. The van der Waals surface area contributed by atoms with Crippen molar-refractivity contribution in [3.63, 3.8) is 0 Å². The van der Waals surface area contributed by atoms with Crippen LogP contribution in [0.3, 0.4) is 0 Å². The van der Waals surface area contributed by atoms with E-state index >= 15 is 0 Å². The molecule has 4 rings (SSSR count). The summed E-state index contributed by atoms with van der Waals surface area (Å²) in [6.45, 7) is 2.02. The third-order valence-electron chi connectivity index (χ3n) is 5.23. The van der Waals surface area contributed by atoms with Gasteiger partial charge in [0.2, 0.25) is 5.91 Å². The summed E-state index contributed by atoms with van der Waals surface area (Å²) in [5.41, 5.74) is 4.90. The first kappa shape index (κ1) is 15.1. The smallest absolute Gasteiger partial charge is 0.426 e. The molecule has 2 amide bonds. The lowest BCUT2D eigenvalue weighted by Gasteiger charge is -2.60. The van der Waals surface area contributed by atoms with E-state index in [0.717, 1.165) is 31.1 Å². The Bertz CT molecular complexity index is 440. The van der Waals surface area contributed by atoms with Crippen molar-refractivity contribution in [1.82, 2.24) is 10.9 Å². The summed E-state index contributed by atoms with van der Waals surface area (Å²) in [6, 6.07) is 0. The van der Waals surface area contributed by atoms with Crippen LogP contribution in [0.1, 0.15) is 51.9 Å². The molecule has 0 heterocycles. The molecule has 0 saturated heterocycles. The lowest BCUT2D eigenvalue weighted by atomic mass is 9.48. The molecular formula is C15H23BrN2O3. The summed E-state index contributed by atoms with van der Waals surface area (Å²) in [6.07, 6.45) is 7.14. The van der Waals surface area contributed by atoms with E-state index in [1.807, 2.05) is 0 Å². The Morgan fingerprint density at radius 3 is 2.43 bits per heavy atom. The van der Waals surface area contributed by atoms with Crippen molar-refractivity contribution < 1.29 is 14.3 Å². The Labute approximate surface area is 133 Å². The Morgan fingerprint density at radius 2 is 1.86 bits per heavy atom. The van der Waals surface area contributed by atoms with E-state index in [-0.39, 0.29) is 15.6 Å². The molecule has 4 aliphatic rings. The molecule has 6 heteroatoms. The Morgan fingerprint density at radius 1 is 1.19 bits per heavy atom. The first-order chi connectivity index (χ1) is 9.92. The molecular weight excluding hydrogens is 336 g/mol. The fourth-order valence-electron chi connectivity index (χ4n) is 5.22. The quantitative estimate of drug-likeness (QED) is 0.602. The number of ether oxygens (including phenoxy) is 1. The van der Waals surface area contributed by atoms with Gasteiger partial charge in [0.15, 0.2) is 0 Å². The Kier molecular flexibility index (Phi) is 3.93. The Balaban J connectivity index is 1.57. The van der Waals surface area contributed by atoms with Gasteiger partial charge in [-0.15, -0.1) is 0 Å². The molecule has 0 aromatic rings. The molecule has 4 fully saturated rings. The van der Waals surface area contributed by atoms with Gasteiger partial charge in [-0.3, -0.25) is 10.2 Å². The van der Waals surface area contributed by atoms with Gasteiger partial charge >= 0.3 is 6.09 Å². The molecule has 0 radical (unpaired) electrons. The van der Waals surface area contributed by atoms with Gasteiger partial charge in [0.1, 0.15) is 0 Å². The minimum Gasteiger partial charge on any atom is -0.449 e. The molecule has 0 aliphatic heterocycles. The van der Waals surface area contributed by atoms with Gasteiger partial charge in [0.25, 0.3) is 0 Å². The minimum atomic E-state index is -0.603. The van der Waals surface area contributed by atoms with Crippen molar-refractivity contribution >= 4 is 27.9 Å². The number of amides is 2. The molecule has 2 N–H and O–H groups in total. The van der Waals surface area contributed by atoms with E-state index in [2.05, 4.69) is 26.8 Å². The zero-order chi connectivity index (χ0) is 15.1. The van der Waals surface area contributed by atoms with Crippen LogP contribution in [0.4, 0.5) is 4.79 Å².